The third kappa shape index (κ3) is 3.57. The zero-order valence-electron chi connectivity index (χ0n) is 14.0. The molecular formula is C18H19F2N5O2S. The molecule has 10 heteroatoms. The molecule has 148 valence electrons. The van der Waals surface area contributed by atoms with Gasteiger partial charge in [0.05, 0.1) is 25.6 Å². The van der Waals surface area contributed by atoms with Crippen molar-refractivity contribution in [2.24, 2.45) is 16.6 Å². The lowest BCUT2D eigenvalue weighted by Crippen LogP contribution is -2.40. The van der Waals surface area contributed by atoms with E-state index in [-0.39, 0.29) is 25.8 Å². The number of nitrogens with one attached hydrogen (secondary N) is 1. The summed E-state index contributed by atoms with van der Waals surface area (Å²) in [5, 5.41) is 2.97. The number of nitrogens with two attached hydrogens (primary N) is 1. The van der Waals surface area contributed by atoms with Gasteiger partial charge >= 0.3 is 0 Å². The number of ether oxygens (including phenoxy) is 1. The Kier molecular flexibility index (Phi) is 5.61. The van der Waals surface area contributed by atoms with Crippen LogP contribution in [0.5, 0.6) is 0 Å². The highest BCUT2D eigenvalue weighted by molar-refractivity contribution is 8.13. The van der Waals surface area contributed by atoms with Crippen LogP contribution in [0.2, 0.25) is 0 Å². The largest absolute Gasteiger partial charge is 0.379 e. The van der Waals surface area contributed by atoms with Gasteiger partial charge in [0.2, 0.25) is 5.82 Å². The van der Waals surface area contributed by atoms with E-state index in [2.05, 4.69) is 20.3 Å². The molecule has 1 saturated heterocycles. The van der Waals surface area contributed by atoms with Crippen LogP contribution in [0.1, 0.15) is 23.6 Å². The molecule has 1 aromatic heterocycles. The van der Waals surface area contributed by atoms with E-state index >= 15 is 0 Å². The van der Waals surface area contributed by atoms with E-state index in [1.807, 2.05) is 0 Å². The van der Waals surface area contributed by atoms with Crippen molar-refractivity contribution in [2.75, 3.05) is 24.3 Å². The van der Waals surface area contributed by atoms with E-state index in [0.29, 0.717) is 28.8 Å². The normalized spacial score (nSPS) is 23.4. The molecule has 1 aromatic carbocycles. The molecule has 1 amide bonds. The summed E-state index contributed by atoms with van der Waals surface area (Å²) in [6.45, 7) is 0.678. The molecule has 3 heterocycles. The minimum atomic E-state index is -0.910. The summed E-state index contributed by atoms with van der Waals surface area (Å²) in [6, 6.07) is 4.20. The SMILES string of the molecule is C.NC1=N[C@@]2(c3cc(NC(=O)c4ncc(F)cn4)ccc3F)COC[C@H]2CS1. The Hall–Kier alpha value is -2.59. The second-order valence-corrected chi connectivity index (χ2v) is 7.31. The lowest BCUT2D eigenvalue weighted by molar-refractivity contribution is 0.101. The first-order chi connectivity index (χ1) is 13.0. The van der Waals surface area contributed by atoms with Crippen LogP contribution in [0.4, 0.5) is 14.5 Å². The predicted molar refractivity (Wildman–Crippen MR) is 103 cm³/mol. The van der Waals surface area contributed by atoms with Gasteiger partial charge in [0.15, 0.2) is 11.0 Å². The molecule has 1 fully saturated rings. The fourth-order valence-electron chi connectivity index (χ4n) is 3.25. The average molecular weight is 407 g/mol. The number of nitrogens with zero attached hydrogens (tertiary/aromatic N) is 3. The number of aromatic nitrogens is 2. The Morgan fingerprint density at radius 1 is 1.32 bits per heavy atom. The van der Waals surface area contributed by atoms with Crippen LogP contribution in [-0.4, -0.2) is 40.0 Å². The minimum Gasteiger partial charge on any atom is -0.379 e. The lowest BCUT2D eigenvalue weighted by atomic mass is 9.81. The second-order valence-electron chi connectivity index (χ2n) is 6.27. The minimum absolute atomic E-state index is 0. The molecule has 2 aromatic rings. The predicted octanol–water partition coefficient (Wildman–Crippen LogP) is 2.55. The van der Waals surface area contributed by atoms with Crippen molar-refractivity contribution in [1.82, 2.24) is 9.97 Å². The van der Waals surface area contributed by atoms with E-state index in [0.717, 1.165) is 12.4 Å². The van der Waals surface area contributed by atoms with E-state index in [9.17, 15) is 13.6 Å². The van der Waals surface area contributed by atoms with E-state index in [1.54, 1.807) is 0 Å². The monoisotopic (exact) mass is 407 g/mol. The van der Waals surface area contributed by atoms with E-state index in [4.69, 9.17) is 10.5 Å². The number of amides is 1. The van der Waals surface area contributed by atoms with Crippen molar-refractivity contribution in [3.8, 4) is 0 Å². The Labute approximate surface area is 164 Å². The molecule has 2 aliphatic rings. The number of amidine groups is 1. The maximum Gasteiger partial charge on any atom is 0.293 e. The Morgan fingerprint density at radius 3 is 2.82 bits per heavy atom. The highest BCUT2D eigenvalue weighted by Gasteiger charge is 2.49. The lowest BCUT2D eigenvalue weighted by Gasteiger charge is -2.34. The fourth-order valence-corrected chi connectivity index (χ4v) is 4.22. The van der Waals surface area contributed by atoms with Crippen LogP contribution in [0.15, 0.2) is 35.6 Å². The van der Waals surface area contributed by atoms with Crippen molar-refractivity contribution >= 4 is 28.5 Å². The van der Waals surface area contributed by atoms with Gasteiger partial charge < -0.3 is 15.8 Å². The summed E-state index contributed by atoms with van der Waals surface area (Å²) in [6.07, 6.45) is 1.79. The number of fused-ring (bicyclic) bond motifs is 1. The highest BCUT2D eigenvalue weighted by Crippen LogP contribution is 2.45. The number of aliphatic imine (C=N–C) groups is 1. The number of hydrogen-bond donors (Lipinski definition) is 2. The van der Waals surface area contributed by atoms with Crippen molar-refractivity contribution in [3.63, 3.8) is 0 Å². The number of anilines is 1. The van der Waals surface area contributed by atoms with Crippen LogP contribution in [-0.2, 0) is 10.3 Å². The molecule has 7 nitrogen and oxygen atoms in total. The smallest absolute Gasteiger partial charge is 0.293 e. The first-order valence-electron chi connectivity index (χ1n) is 8.13. The standard InChI is InChI=1S/C17H15F2N5O2S.CH4/c18-10-4-21-14(22-5-10)15(25)23-11-1-2-13(19)12(3-11)17-8-26-6-9(17)7-27-16(20)24-17;/h1-5,9H,6-8H2,(H2,20,24)(H,23,25);1H4/t9-,17-;/m0./s1. The first kappa shape index (κ1) is 20.2. The number of halogens is 2. The molecule has 0 unspecified atom stereocenters. The summed E-state index contributed by atoms with van der Waals surface area (Å²) in [5.74, 6) is -1.27. The molecular weight excluding hydrogens is 388 g/mol. The van der Waals surface area contributed by atoms with Gasteiger partial charge in [-0.15, -0.1) is 0 Å². The quantitative estimate of drug-likeness (QED) is 0.811. The molecule has 0 bridgehead atoms. The van der Waals surface area contributed by atoms with Crippen molar-refractivity contribution in [1.29, 1.82) is 0 Å². The topological polar surface area (TPSA) is 102 Å². The molecule has 2 aliphatic heterocycles. The van der Waals surface area contributed by atoms with Crippen molar-refractivity contribution < 1.29 is 18.3 Å². The van der Waals surface area contributed by atoms with Crippen LogP contribution in [0.25, 0.3) is 0 Å². The van der Waals surface area contributed by atoms with Gasteiger partial charge in [-0.05, 0) is 18.2 Å². The molecule has 0 aliphatic carbocycles. The molecule has 0 spiro atoms. The van der Waals surface area contributed by atoms with Crippen LogP contribution < -0.4 is 11.1 Å². The number of hydrogen-bond acceptors (Lipinski definition) is 7. The van der Waals surface area contributed by atoms with Crippen LogP contribution >= 0.6 is 11.8 Å². The van der Waals surface area contributed by atoms with Gasteiger partial charge in [0.1, 0.15) is 11.4 Å². The number of carbonyl (C=O) groups is 1. The first-order valence-corrected chi connectivity index (χ1v) is 9.11. The number of carbonyl (C=O) groups excluding carboxylic acids is 1. The summed E-state index contributed by atoms with van der Waals surface area (Å²) in [7, 11) is 0. The fraction of sp³-hybridized carbons (Fsp3) is 0.333. The molecule has 2 atom stereocenters. The number of rotatable bonds is 3. The molecule has 0 radical (unpaired) electrons. The van der Waals surface area contributed by atoms with Gasteiger partial charge in [-0.1, -0.05) is 19.2 Å². The Balaban J connectivity index is 0.00000225. The zero-order valence-corrected chi connectivity index (χ0v) is 14.8. The van der Waals surface area contributed by atoms with Gasteiger partial charge in [-0.3, -0.25) is 4.79 Å². The third-order valence-corrected chi connectivity index (χ3v) is 5.53. The van der Waals surface area contributed by atoms with Crippen LogP contribution in [0.3, 0.4) is 0 Å². The summed E-state index contributed by atoms with van der Waals surface area (Å²) >= 11 is 1.42. The molecule has 4 rings (SSSR count). The molecule has 28 heavy (non-hydrogen) atoms. The van der Waals surface area contributed by atoms with Gasteiger partial charge in [0.25, 0.3) is 5.91 Å². The van der Waals surface area contributed by atoms with E-state index in [1.165, 1.54) is 30.0 Å². The number of benzene rings is 1. The maximum absolute atomic E-state index is 14.7. The van der Waals surface area contributed by atoms with Crippen molar-refractivity contribution in [2.45, 2.75) is 13.0 Å². The van der Waals surface area contributed by atoms with Gasteiger partial charge in [0, 0.05) is 22.9 Å². The molecule has 0 saturated carbocycles. The van der Waals surface area contributed by atoms with Crippen molar-refractivity contribution in [3.05, 3.63) is 53.6 Å². The molecule has 3 N–H and O–H groups in total. The zero-order chi connectivity index (χ0) is 19.0. The maximum atomic E-state index is 14.7. The number of thioether (sulfide) groups is 1. The average Bonchev–Trinajstić information content (AvgIpc) is 3.07. The van der Waals surface area contributed by atoms with Crippen LogP contribution in [0, 0.1) is 17.6 Å². The summed E-state index contributed by atoms with van der Waals surface area (Å²) < 4.78 is 33.1. The summed E-state index contributed by atoms with van der Waals surface area (Å²) in [4.78, 5) is 24.0. The Morgan fingerprint density at radius 2 is 2.07 bits per heavy atom. The highest BCUT2D eigenvalue weighted by atomic mass is 32.2. The summed E-state index contributed by atoms with van der Waals surface area (Å²) in [5.41, 5.74) is 5.63. The van der Waals surface area contributed by atoms with Gasteiger partial charge in [-0.2, -0.15) is 0 Å². The second kappa shape index (κ2) is 7.80. The third-order valence-electron chi connectivity index (χ3n) is 4.57. The van der Waals surface area contributed by atoms with Gasteiger partial charge in [-0.25, -0.2) is 23.7 Å². The Bertz CT molecular complexity index is 925. The van der Waals surface area contributed by atoms with E-state index < -0.39 is 23.1 Å².